The third-order valence-corrected chi connectivity index (χ3v) is 3.34. The van der Waals surface area contributed by atoms with Gasteiger partial charge in [-0.1, -0.05) is 30.3 Å². The van der Waals surface area contributed by atoms with E-state index in [1.165, 1.54) is 0 Å². The highest BCUT2D eigenvalue weighted by molar-refractivity contribution is 5.25. The van der Waals surface area contributed by atoms with Crippen molar-refractivity contribution in [2.75, 3.05) is 32.9 Å². The van der Waals surface area contributed by atoms with E-state index >= 15 is 0 Å². The molecule has 0 amide bonds. The Hall–Kier alpha value is -1.41. The van der Waals surface area contributed by atoms with Crippen LogP contribution in [0.25, 0.3) is 0 Å². The van der Waals surface area contributed by atoms with E-state index < -0.39 is 0 Å². The maximum atomic E-state index is 9.31. The third kappa shape index (κ3) is 3.08. The number of ether oxygens (including phenoxy) is 1. The van der Waals surface area contributed by atoms with Gasteiger partial charge in [0, 0.05) is 13.1 Å². The Balaban J connectivity index is 2.04. The molecular weight excluding hydrogens is 228 g/mol. The second-order valence-electron chi connectivity index (χ2n) is 4.50. The molecule has 18 heavy (non-hydrogen) atoms. The number of nitrogens with zero attached hydrogens (tertiary/aromatic N) is 2. The molecule has 1 heterocycles. The van der Waals surface area contributed by atoms with E-state index in [0.29, 0.717) is 19.8 Å². The summed E-state index contributed by atoms with van der Waals surface area (Å²) in [5.41, 5.74) is 1.03. The molecule has 2 rings (SSSR count). The lowest BCUT2D eigenvalue weighted by Gasteiger charge is -2.35. The van der Waals surface area contributed by atoms with Crippen molar-refractivity contribution in [3.8, 4) is 6.07 Å². The van der Waals surface area contributed by atoms with Crippen LogP contribution >= 0.6 is 0 Å². The molecule has 1 N–H and O–H groups in total. The molecule has 2 atom stereocenters. The number of nitriles is 1. The van der Waals surface area contributed by atoms with Crippen molar-refractivity contribution in [2.45, 2.75) is 12.0 Å². The highest BCUT2D eigenvalue weighted by Gasteiger charge is 2.25. The van der Waals surface area contributed by atoms with E-state index in [9.17, 15) is 10.4 Å². The van der Waals surface area contributed by atoms with Crippen LogP contribution in [-0.4, -0.2) is 49.0 Å². The fourth-order valence-corrected chi connectivity index (χ4v) is 2.24. The smallest absolute Gasteiger partial charge is 0.0839 e. The van der Waals surface area contributed by atoms with Gasteiger partial charge in [-0.15, -0.1) is 0 Å². The summed E-state index contributed by atoms with van der Waals surface area (Å²) in [5, 5.41) is 18.6. The Bertz CT molecular complexity index is 402. The summed E-state index contributed by atoms with van der Waals surface area (Å²) in [5.74, 6) is -0.154. The van der Waals surface area contributed by atoms with Crippen LogP contribution in [0.3, 0.4) is 0 Å². The molecule has 0 spiro atoms. The fraction of sp³-hybridized carbons (Fsp3) is 0.500. The van der Waals surface area contributed by atoms with Gasteiger partial charge in [0.2, 0.25) is 0 Å². The Morgan fingerprint density at radius 3 is 2.89 bits per heavy atom. The summed E-state index contributed by atoms with van der Waals surface area (Å²) in [6, 6.07) is 12.1. The number of aliphatic hydroxyl groups is 1. The van der Waals surface area contributed by atoms with Crippen molar-refractivity contribution in [3.05, 3.63) is 35.9 Å². The third-order valence-electron chi connectivity index (χ3n) is 3.34. The molecule has 2 unspecified atom stereocenters. The van der Waals surface area contributed by atoms with Gasteiger partial charge in [0.05, 0.1) is 37.8 Å². The van der Waals surface area contributed by atoms with Gasteiger partial charge < -0.3 is 9.84 Å². The van der Waals surface area contributed by atoms with Crippen molar-refractivity contribution in [1.82, 2.24) is 4.90 Å². The molecule has 0 radical (unpaired) electrons. The lowest BCUT2D eigenvalue weighted by Crippen LogP contribution is -2.48. The Kier molecular flexibility index (Phi) is 4.71. The average molecular weight is 246 g/mol. The van der Waals surface area contributed by atoms with Crippen molar-refractivity contribution in [1.29, 1.82) is 5.26 Å². The molecule has 96 valence electrons. The Labute approximate surface area is 107 Å². The first-order chi connectivity index (χ1) is 8.85. The Morgan fingerprint density at radius 1 is 1.44 bits per heavy atom. The molecule has 1 fully saturated rings. The van der Waals surface area contributed by atoms with Gasteiger partial charge >= 0.3 is 0 Å². The second kappa shape index (κ2) is 6.50. The van der Waals surface area contributed by atoms with E-state index in [-0.39, 0.29) is 18.6 Å². The zero-order valence-electron chi connectivity index (χ0n) is 10.3. The van der Waals surface area contributed by atoms with Crippen molar-refractivity contribution in [3.63, 3.8) is 0 Å². The lowest BCUT2D eigenvalue weighted by molar-refractivity contribution is -0.0280. The van der Waals surface area contributed by atoms with Crippen LogP contribution in [0.5, 0.6) is 0 Å². The predicted octanol–water partition coefficient (Wildman–Crippen LogP) is 0.987. The zero-order valence-corrected chi connectivity index (χ0v) is 10.3. The summed E-state index contributed by atoms with van der Waals surface area (Å²) < 4.78 is 5.34. The summed E-state index contributed by atoms with van der Waals surface area (Å²) in [7, 11) is 0. The van der Waals surface area contributed by atoms with Gasteiger partial charge in [0.25, 0.3) is 0 Å². The molecule has 1 aliphatic heterocycles. The molecule has 0 bridgehead atoms. The minimum atomic E-state index is -0.154. The first kappa shape index (κ1) is 13.0. The second-order valence-corrected chi connectivity index (χ2v) is 4.50. The zero-order chi connectivity index (χ0) is 12.8. The van der Waals surface area contributed by atoms with Crippen molar-refractivity contribution in [2.24, 2.45) is 0 Å². The summed E-state index contributed by atoms with van der Waals surface area (Å²) in [6.07, 6.45) is 0. The van der Waals surface area contributed by atoms with E-state index in [1.807, 2.05) is 30.3 Å². The SMILES string of the molecule is N#CC(CN1CCOCC1CO)c1ccccc1. The summed E-state index contributed by atoms with van der Waals surface area (Å²) >= 11 is 0. The predicted molar refractivity (Wildman–Crippen MR) is 68.1 cm³/mol. The van der Waals surface area contributed by atoms with E-state index in [0.717, 1.165) is 12.1 Å². The molecule has 4 nitrogen and oxygen atoms in total. The molecule has 4 heteroatoms. The highest BCUT2D eigenvalue weighted by atomic mass is 16.5. The average Bonchev–Trinajstić information content (AvgIpc) is 2.46. The minimum absolute atomic E-state index is 0.0123. The van der Waals surface area contributed by atoms with Crippen molar-refractivity contribution < 1.29 is 9.84 Å². The van der Waals surface area contributed by atoms with Crippen molar-refractivity contribution >= 4 is 0 Å². The van der Waals surface area contributed by atoms with Gasteiger partial charge in [0.15, 0.2) is 0 Å². The molecule has 1 saturated heterocycles. The maximum absolute atomic E-state index is 9.31. The van der Waals surface area contributed by atoms with Crippen LogP contribution in [0.1, 0.15) is 11.5 Å². The highest BCUT2D eigenvalue weighted by Crippen LogP contribution is 2.18. The molecule has 1 aliphatic rings. The monoisotopic (exact) mass is 246 g/mol. The van der Waals surface area contributed by atoms with Gasteiger partial charge in [0.1, 0.15) is 0 Å². The normalized spacial score (nSPS) is 22.3. The summed E-state index contributed by atoms with van der Waals surface area (Å²) in [4.78, 5) is 2.14. The van der Waals surface area contributed by atoms with Crippen LogP contribution in [0.2, 0.25) is 0 Å². The molecule has 1 aromatic carbocycles. The Morgan fingerprint density at radius 2 is 2.22 bits per heavy atom. The molecule has 1 aromatic rings. The van der Waals surface area contributed by atoms with Crippen LogP contribution in [0, 0.1) is 11.3 Å². The molecule has 0 aliphatic carbocycles. The van der Waals surface area contributed by atoms with E-state index in [2.05, 4.69) is 11.0 Å². The lowest BCUT2D eigenvalue weighted by atomic mass is 9.99. The molecule has 0 saturated carbocycles. The van der Waals surface area contributed by atoms with Gasteiger partial charge in [-0.3, -0.25) is 4.90 Å². The number of benzene rings is 1. The van der Waals surface area contributed by atoms with Crippen LogP contribution in [0.15, 0.2) is 30.3 Å². The van der Waals surface area contributed by atoms with Gasteiger partial charge in [-0.25, -0.2) is 0 Å². The molecule has 0 aromatic heterocycles. The number of aliphatic hydroxyl groups excluding tert-OH is 1. The number of hydrogen-bond donors (Lipinski definition) is 1. The number of rotatable bonds is 4. The topological polar surface area (TPSA) is 56.5 Å². The number of hydrogen-bond acceptors (Lipinski definition) is 4. The number of morpholine rings is 1. The first-order valence-corrected chi connectivity index (χ1v) is 6.22. The fourth-order valence-electron chi connectivity index (χ4n) is 2.24. The summed E-state index contributed by atoms with van der Waals surface area (Å²) in [6.45, 7) is 2.71. The maximum Gasteiger partial charge on any atom is 0.0839 e. The molecular formula is C14H18N2O2. The van der Waals surface area contributed by atoms with Crippen LogP contribution < -0.4 is 0 Å². The first-order valence-electron chi connectivity index (χ1n) is 6.22. The van der Waals surface area contributed by atoms with Gasteiger partial charge in [-0.2, -0.15) is 5.26 Å². The van der Waals surface area contributed by atoms with Crippen LogP contribution in [-0.2, 0) is 4.74 Å². The van der Waals surface area contributed by atoms with E-state index in [1.54, 1.807) is 0 Å². The minimum Gasteiger partial charge on any atom is -0.395 e. The van der Waals surface area contributed by atoms with Crippen LogP contribution in [0.4, 0.5) is 0 Å². The largest absolute Gasteiger partial charge is 0.395 e. The quantitative estimate of drug-likeness (QED) is 0.860. The van der Waals surface area contributed by atoms with Gasteiger partial charge in [-0.05, 0) is 5.56 Å². The van der Waals surface area contributed by atoms with E-state index in [4.69, 9.17) is 4.74 Å². The standard InChI is InChI=1S/C14H18N2O2/c15-8-13(12-4-2-1-3-5-12)9-16-6-7-18-11-14(16)10-17/h1-5,13-14,17H,6-7,9-11H2.